The van der Waals surface area contributed by atoms with Crippen LogP contribution < -0.4 is 5.32 Å². The van der Waals surface area contributed by atoms with Gasteiger partial charge in [-0.2, -0.15) is 0 Å². The van der Waals surface area contributed by atoms with E-state index in [4.69, 9.17) is 0 Å². The van der Waals surface area contributed by atoms with Gasteiger partial charge < -0.3 is 5.32 Å². The number of rotatable bonds is 2. The van der Waals surface area contributed by atoms with Gasteiger partial charge in [-0.15, -0.1) is 0 Å². The molecule has 2 saturated heterocycles. The summed E-state index contributed by atoms with van der Waals surface area (Å²) in [5.41, 5.74) is 1.14. The number of pyridine rings is 1. The van der Waals surface area contributed by atoms with E-state index in [2.05, 4.69) is 21.3 Å². The van der Waals surface area contributed by atoms with Crippen LogP contribution in [0.15, 0.2) is 24.4 Å². The first-order valence-electron chi connectivity index (χ1n) is 7.20. The lowest BCUT2D eigenvalue weighted by atomic mass is 9.82. The maximum atomic E-state index is 11.6. The van der Waals surface area contributed by atoms with Gasteiger partial charge in [0.05, 0.1) is 5.69 Å². The van der Waals surface area contributed by atoms with Crippen LogP contribution in [0.25, 0.3) is 0 Å². The summed E-state index contributed by atoms with van der Waals surface area (Å²) in [5.74, 6) is 1.49. The Morgan fingerprint density at radius 2 is 2.26 bits per heavy atom. The van der Waals surface area contributed by atoms with E-state index >= 15 is 0 Å². The van der Waals surface area contributed by atoms with Crippen LogP contribution in [0.3, 0.4) is 0 Å². The van der Waals surface area contributed by atoms with Crippen LogP contribution in [0, 0.1) is 11.8 Å². The topological polar surface area (TPSA) is 45.2 Å². The number of carbonyl (C=O) groups is 1. The van der Waals surface area contributed by atoms with Gasteiger partial charge in [-0.3, -0.25) is 14.7 Å². The average molecular weight is 259 g/mol. The number of fused-ring (bicyclic) bond motifs is 1. The van der Waals surface area contributed by atoms with Gasteiger partial charge in [0.2, 0.25) is 5.91 Å². The molecule has 0 aliphatic carbocycles. The highest BCUT2D eigenvalue weighted by Crippen LogP contribution is 2.30. The highest BCUT2D eigenvalue weighted by molar-refractivity contribution is 5.76. The van der Waals surface area contributed by atoms with Gasteiger partial charge >= 0.3 is 0 Å². The zero-order valence-electron chi connectivity index (χ0n) is 11.2. The third-order valence-electron chi connectivity index (χ3n) is 4.37. The number of piperidine rings is 1. The summed E-state index contributed by atoms with van der Waals surface area (Å²) in [5, 5.41) is 3.00. The second kappa shape index (κ2) is 5.70. The molecule has 0 saturated carbocycles. The molecule has 3 rings (SSSR count). The SMILES string of the molecule is O=C1CC2CCN(Cc3ccccn3)CC2CCN1. The fraction of sp³-hybridized carbons (Fsp3) is 0.600. The molecule has 2 fully saturated rings. The predicted molar refractivity (Wildman–Crippen MR) is 73.4 cm³/mol. The Labute approximate surface area is 114 Å². The molecular formula is C15H21N3O. The standard InChI is InChI=1S/C15H21N3O/c19-15-9-12-5-8-18(10-13(12)4-7-17-15)11-14-3-1-2-6-16-14/h1-3,6,12-13H,4-5,7-11H2,(H,17,19). The monoisotopic (exact) mass is 259 g/mol. The molecule has 0 spiro atoms. The van der Waals surface area contributed by atoms with Crippen LogP contribution in [-0.4, -0.2) is 35.4 Å². The molecular weight excluding hydrogens is 238 g/mol. The Morgan fingerprint density at radius 1 is 1.32 bits per heavy atom. The molecule has 1 aromatic heterocycles. The number of hydrogen-bond donors (Lipinski definition) is 1. The number of amides is 1. The predicted octanol–water partition coefficient (Wildman–Crippen LogP) is 1.43. The van der Waals surface area contributed by atoms with Crippen molar-refractivity contribution in [2.75, 3.05) is 19.6 Å². The zero-order valence-corrected chi connectivity index (χ0v) is 11.2. The molecule has 4 heteroatoms. The normalized spacial score (nSPS) is 28.3. The van der Waals surface area contributed by atoms with Crippen molar-refractivity contribution in [2.24, 2.45) is 11.8 Å². The summed E-state index contributed by atoms with van der Waals surface area (Å²) in [7, 11) is 0. The van der Waals surface area contributed by atoms with Crippen molar-refractivity contribution in [1.29, 1.82) is 0 Å². The zero-order chi connectivity index (χ0) is 13.1. The minimum atomic E-state index is 0.241. The molecule has 102 valence electrons. The van der Waals surface area contributed by atoms with Gasteiger partial charge in [-0.25, -0.2) is 0 Å². The fourth-order valence-corrected chi connectivity index (χ4v) is 3.32. The Bertz CT molecular complexity index is 434. The van der Waals surface area contributed by atoms with E-state index in [-0.39, 0.29) is 5.91 Å². The lowest BCUT2D eigenvalue weighted by molar-refractivity contribution is -0.121. The van der Waals surface area contributed by atoms with Crippen LogP contribution >= 0.6 is 0 Å². The third kappa shape index (κ3) is 3.13. The summed E-state index contributed by atoms with van der Waals surface area (Å²) in [6, 6.07) is 6.09. The third-order valence-corrected chi connectivity index (χ3v) is 4.37. The van der Waals surface area contributed by atoms with E-state index in [9.17, 15) is 4.79 Å². The van der Waals surface area contributed by atoms with Crippen molar-refractivity contribution in [3.63, 3.8) is 0 Å². The molecule has 1 aromatic rings. The molecule has 0 radical (unpaired) electrons. The summed E-state index contributed by atoms with van der Waals surface area (Å²) in [4.78, 5) is 18.5. The number of likely N-dealkylation sites (tertiary alicyclic amines) is 1. The molecule has 0 bridgehead atoms. The van der Waals surface area contributed by atoms with Crippen LogP contribution in [0.4, 0.5) is 0 Å². The summed E-state index contributed by atoms with van der Waals surface area (Å²) in [6.07, 6.45) is 4.85. The Balaban J connectivity index is 1.61. The van der Waals surface area contributed by atoms with E-state index in [0.717, 1.165) is 51.1 Å². The van der Waals surface area contributed by atoms with Crippen molar-refractivity contribution in [1.82, 2.24) is 15.2 Å². The maximum absolute atomic E-state index is 11.6. The Hall–Kier alpha value is -1.42. The minimum absolute atomic E-state index is 0.241. The van der Waals surface area contributed by atoms with Gasteiger partial charge in [0.15, 0.2) is 0 Å². The van der Waals surface area contributed by atoms with E-state index in [1.807, 2.05) is 18.3 Å². The second-order valence-electron chi connectivity index (χ2n) is 5.71. The van der Waals surface area contributed by atoms with Gasteiger partial charge in [0.25, 0.3) is 0 Å². The second-order valence-corrected chi connectivity index (χ2v) is 5.71. The molecule has 2 unspecified atom stereocenters. The van der Waals surface area contributed by atoms with Gasteiger partial charge in [0.1, 0.15) is 0 Å². The number of nitrogens with zero attached hydrogens (tertiary/aromatic N) is 2. The summed E-state index contributed by atoms with van der Waals surface area (Å²) < 4.78 is 0. The molecule has 0 aromatic carbocycles. The molecule has 2 aliphatic heterocycles. The molecule has 1 N–H and O–H groups in total. The lowest BCUT2D eigenvalue weighted by Gasteiger charge is -2.37. The van der Waals surface area contributed by atoms with Gasteiger partial charge in [-0.1, -0.05) is 6.07 Å². The van der Waals surface area contributed by atoms with Crippen molar-refractivity contribution in [3.05, 3.63) is 30.1 Å². The Morgan fingerprint density at radius 3 is 3.11 bits per heavy atom. The number of nitrogens with one attached hydrogen (secondary N) is 1. The summed E-state index contributed by atoms with van der Waals surface area (Å²) >= 11 is 0. The van der Waals surface area contributed by atoms with Crippen molar-refractivity contribution in [2.45, 2.75) is 25.8 Å². The molecule has 2 aliphatic rings. The highest BCUT2D eigenvalue weighted by atomic mass is 16.1. The highest BCUT2D eigenvalue weighted by Gasteiger charge is 2.32. The molecule has 19 heavy (non-hydrogen) atoms. The fourth-order valence-electron chi connectivity index (χ4n) is 3.32. The maximum Gasteiger partial charge on any atom is 0.220 e. The number of aromatic nitrogens is 1. The average Bonchev–Trinajstić information content (AvgIpc) is 2.60. The van der Waals surface area contributed by atoms with Gasteiger partial charge in [-0.05, 0) is 43.4 Å². The largest absolute Gasteiger partial charge is 0.356 e. The van der Waals surface area contributed by atoms with Gasteiger partial charge in [0, 0.05) is 32.3 Å². The van der Waals surface area contributed by atoms with E-state index < -0.39 is 0 Å². The summed E-state index contributed by atoms with van der Waals surface area (Å²) in [6.45, 7) is 3.98. The molecule has 3 heterocycles. The van der Waals surface area contributed by atoms with Crippen LogP contribution in [0.1, 0.15) is 25.0 Å². The van der Waals surface area contributed by atoms with E-state index in [0.29, 0.717) is 11.8 Å². The molecule has 2 atom stereocenters. The van der Waals surface area contributed by atoms with Crippen LogP contribution in [0.2, 0.25) is 0 Å². The number of hydrogen-bond acceptors (Lipinski definition) is 3. The van der Waals surface area contributed by atoms with E-state index in [1.165, 1.54) is 0 Å². The molecule has 1 amide bonds. The van der Waals surface area contributed by atoms with Crippen molar-refractivity contribution in [3.8, 4) is 0 Å². The van der Waals surface area contributed by atoms with Crippen molar-refractivity contribution >= 4 is 5.91 Å². The minimum Gasteiger partial charge on any atom is -0.356 e. The smallest absolute Gasteiger partial charge is 0.220 e. The van der Waals surface area contributed by atoms with Crippen LogP contribution in [0.5, 0.6) is 0 Å². The first-order valence-corrected chi connectivity index (χ1v) is 7.20. The Kier molecular flexibility index (Phi) is 3.78. The van der Waals surface area contributed by atoms with Crippen LogP contribution in [-0.2, 0) is 11.3 Å². The van der Waals surface area contributed by atoms with E-state index in [1.54, 1.807) is 0 Å². The van der Waals surface area contributed by atoms with Crippen molar-refractivity contribution < 1.29 is 4.79 Å². The quantitative estimate of drug-likeness (QED) is 0.874. The first-order chi connectivity index (χ1) is 9.31. The first kappa shape index (κ1) is 12.6. The number of carbonyl (C=O) groups excluding carboxylic acids is 1. The molecule has 4 nitrogen and oxygen atoms in total. The lowest BCUT2D eigenvalue weighted by Crippen LogP contribution is -2.40.